The maximum Gasteiger partial charge on any atom is 0.471 e. The van der Waals surface area contributed by atoms with E-state index in [1.54, 1.807) is 37.3 Å². The monoisotopic (exact) mass is 562 g/mol. The molecule has 2 aliphatic rings. The summed E-state index contributed by atoms with van der Waals surface area (Å²) in [5.41, 5.74) is 1.99. The Morgan fingerprint density at radius 3 is 2.45 bits per heavy atom. The SMILES string of the molecule is COc1c(C)c(OC)c2c(c1O)[C@@H]([C@H](Cc1ccccc1)NC(=O)C(F)(F)F)N[C@H]([C@@H](C#N)N1CCOCC1)C2. The molecule has 12 heteroatoms. The maximum absolute atomic E-state index is 13.5. The Kier molecular flexibility index (Phi) is 9.08. The fraction of sp³-hybridized carbons (Fsp3) is 0.500. The minimum absolute atomic E-state index is 0.0131. The molecule has 0 bridgehead atoms. The number of aromatic hydroxyl groups is 1. The van der Waals surface area contributed by atoms with Crippen molar-refractivity contribution in [3.05, 3.63) is 52.6 Å². The van der Waals surface area contributed by atoms with Gasteiger partial charge in [0.2, 0.25) is 0 Å². The number of amides is 1. The molecule has 4 atom stereocenters. The molecule has 2 aliphatic heterocycles. The van der Waals surface area contributed by atoms with Crippen molar-refractivity contribution in [1.82, 2.24) is 15.5 Å². The molecule has 2 aromatic carbocycles. The number of rotatable bonds is 8. The number of carbonyl (C=O) groups excluding carboxylic acids is 1. The fourth-order valence-electron chi connectivity index (χ4n) is 5.72. The van der Waals surface area contributed by atoms with Crippen molar-refractivity contribution in [3.63, 3.8) is 0 Å². The highest BCUT2D eigenvalue weighted by Crippen LogP contribution is 2.49. The zero-order valence-corrected chi connectivity index (χ0v) is 22.5. The van der Waals surface area contributed by atoms with E-state index in [1.807, 2.05) is 4.90 Å². The second kappa shape index (κ2) is 12.3. The van der Waals surface area contributed by atoms with E-state index < -0.39 is 36.3 Å². The second-order valence-electron chi connectivity index (χ2n) is 9.88. The highest BCUT2D eigenvalue weighted by atomic mass is 19.4. The molecular formula is C28H33F3N4O5. The van der Waals surface area contributed by atoms with Crippen molar-refractivity contribution in [2.45, 2.75) is 50.1 Å². The average molecular weight is 563 g/mol. The van der Waals surface area contributed by atoms with Crippen molar-refractivity contribution < 1.29 is 37.3 Å². The van der Waals surface area contributed by atoms with E-state index >= 15 is 0 Å². The van der Waals surface area contributed by atoms with Gasteiger partial charge in [0.1, 0.15) is 11.8 Å². The number of hydrogen-bond acceptors (Lipinski definition) is 8. The summed E-state index contributed by atoms with van der Waals surface area (Å²) in [6, 6.07) is 7.70. The largest absolute Gasteiger partial charge is 0.504 e. The Labute approximate surface area is 230 Å². The van der Waals surface area contributed by atoms with Crippen LogP contribution in [-0.2, 0) is 22.4 Å². The summed E-state index contributed by atoms with van der Waals surface area (Å²) in [6.45, 7) is 3.62. The number of carbonyl (C=O) groups is 1. The lowest BCUT2D eigenvalue weighted by Gasteiger charge is -2.43. The van der Waals surface area contributed by atoms with Crippen LogP contribution in [0, 0.1) is 18.3 Å². The molecule has 40 heavy (non-hydrogen) atoms. The van der Waals surface area contributed by atoms with Crippen LogP contribution < -0.4 is 20.1 Å². The highest BCUT2D eigenvalue weighted by Gasteiger charge is 2.45. The number of morpholine rings is 1. The summed E-state index contributed by atoms with van der Waals surface area (Å²) in [5, 5.41) is 27.1. The third-order valence-corrected chi connectivity index (χ3v) is 7.51. The number of fused-ring (bicyclic) bond motifs is 1. The summed E-state index contributed by atoms with van der Waals surface area (Å²) in [7, 11) is 2.83. The third-order valence-electron chi connectivity index (χ3n) is 7.51. The number of hydrogen-bond donors (Lipinski definition) is 3. The number of ether oxygens (including phenoxy) is 3. The van der Waals surface area contributed by atoms with Crippen molar-refractivity contribution in [3.8, 4) is 23.3 Å². The summed E-state index contributed by atoms with van der Waals surface area (Å²) in [4.78, 5) is 14.2. The Balaban J connectivity index is 1.88. The van der Waals surface area contributed by atoms with Gasteiger partial charge in [-0.2, -0.15) is 18.4 Å². The standard InChI is InChI=1S/C28H33F3N4O5/c1-16-25(38-2)18-14-19(21(15-32)35-9-11-40-12-10-35)33-23(22(18)24(36)26(16)39-3)20(34-27(37)28(29,30)31)13-17-7-5-4-6-8-17/h4-8,19-21,23,33,36H,9-14H2,1-3H3,(H,34,37)/t19-,20-,21+,23+/m0/s1. The van der Waals surface area contributed by atoms with Crippen molar-refractivity contribution in [1.29, 1.82) is 5.26 Å². The Bertz CT molecular complexity index is 1250. The smallest absolute Gasteiger partial charge is 0.471 e. The normalized spacial score (nSPS) is 21.0. The van der Waals surface area contributed by atoms with Crippen LogP contribution in [0.2, 0.25) is 0 Å². The molecule has 0 unspecified atom stereocenters. The number of nitrogens with one attached hydrogen (secondary N) is 2. The minimum atomic E-state index is -5.13. The van der Waals surface area contributed by atoms with Gasteiger partial charge in [-0.15, -0.1) is 0 Å². The number of alkyl halides is 3. The van der Waals surface area contributed by atoms with Crippen molar-refractivity contribution in [2.24, 2.45) is 0 Å². The first-order chi connectivity index (χ1) is 19.1. The third kappa shape index (κ3) is 5.96. The lowest BCUT2D eigenvalue weighted by Crippen LogP contribution is -2.59. The van der Waals surface area contributed by atoms with Gasteiger partial charge in [-0.25, -0.2) is 0 Å². The van der Waals surface area contributed by atoms with Gasteiger partial charge in [0.15, 0.2) is 11.5 Å². The van der Waals surface area contributed by atoms with E-state index in [9.17, 15) is 28.3 Å². The van der Waals surface area contributed by atoms with Gasteiger partial charge in [-0.3, -0.25) is 9.69 Å². The van der Waals surface area contributed by atoms with Crippen molar-refractivity contribution >= 4 is 5.91 Å². The van der Waals surface area contributed by atoms with Gasteiger partial charge in [0, 0.05) is 35.8 Å². The molecule has 1 fully saturated rings. The topological polar surface area (TPSA) is 116 Å². The summed E-state index contributed by atoms with van der Waals surface area (Å²) in [5.74, 6) is -1.84. The van der Waals surface area contributed by atoms with E-state index in [0.29, 0.717) is 48.7 Å². The number of nitrogens with zero attached hydrogens (tertiary/aromatic N) is 2. The molecule has 2 heterocycles. The molecule has 0 aliphatic carbocycles. The summed E-state index contributed by atoms with van der Waals surface area (Å²) >= 11 is 0. The van der Waals surface area contributed by atoms with Gasteiger partial charge in [-0.05, 0) is 25.3 Å². The molecule has 4 rings (SSSR count). The Hall–Kier alpha value is -3.53. The zero-order valence-electron chi connectivity index (χ0n) is 22.5. The molecular weight excluding hydrogens is 529 g/mol. The Morgan fingerprint density at radius 2 is 1.88 bits per heavy atom. The number of halogens is 3. The lowest BCUT2D eigenvalue weighted by atomic mass is 9.80. The maximum atomic E-state index is 13.5. The van der Waals surface area contributed by atoms with Crippen LogP contribution in [0.25, 0.3) is 0 Å². The fourth-order valence-corrected chi connectivity index (χ4v) is 5.72. The number of nitriles is 1. The number of methoxy groups -OCH3 is 2. The van der Waals surface area contributed by atoms with Crippen LogP contribution in [0.3, 0.4) is 0 Å². The van der Waals surface area contributed by atoms with Crippen LogP contribution in [0.1, 0.15) is 28.3 Å². The van der Waals surface area contributed by atoms with Gasteiger partial charge in [0.25, 0.3) is 0 Å². The molecule has 0 spiro atoms. The molecule has 0 aromatic heterocycles. The lowest BCUT2D eigenvalue weighted by molar-refractivity contribution is -0.174. The second-order valence-corrected chi connectivity index (χ2v) is 9.88. The predicted octanol–water partition coefficient (Wildman–Crippen LogP) is 2.79. The molecule has 216 valence electrons. The first kappa shape index (κ1) is 29.5. The van der Waals surface area contributed by atoms with Crippen molar-refractivity contribution in [2.75, 3.05) is 40.5 Å². The van der Waals surface area contributed by atoms with E-state index in [-0.39, 0.29) is 29.9 Å². The predicted molar refractivity (Wildman–Crippen MR) is 139 cm³/mol. The van der Waals surface area contributed by atoms with Crippen LogP contribution in [0.5, 0.6) is 17.2 Å². The van der Waals surface area contributed by atoms with Crippen LogP contribution in [0.15, 0.2) is 30.3 Å². The summed E-state index contributed by atoms with van der Waals surface area (Å²) < 4.78 is 57.1. The molecule has 1 saturated heterocycles. The van der Waals surface area contributed by atoms with E-state index in [0.717, 1.165) is 0 Å². The highest BCUT2D eigenvalue weighted by molar-refractivity contribution is 5.82. The van der Waals surface area contributed by atoms with Gasteiger partial charge >= 0.3 is 12.1 Å². The van der Waals surface area contributed by atoms with Crippen LogP contribution in [-0.4, -0.2) is 80.7 Å². The zero-order chi connectivity index (χ0) is 29.0. The average Bonchev–Trinajstić information content (AvgIpc) is 2.94. The molecule has 0 saturated carbocycles. The molecule has 3 N–H and O–H groups in total. The number of phenolic OH excluding ortho intramolecular Hbond substituents is 1. The van der Waals surface area contributed by atoms with E-state index in [2.05, 4.69) is 16.7 Å². The summed E-state index contributed by atoms with van der Waals surface area (Å²) in [6.07, 6.45) is -4.87. The minimum Gasteiger partial charge on any atom is -0.504 e. The molecule has 9 nitrogen and oxygen atoms in total. The Morgan fingerprint density at radius 1 is 1.23 bits per heavy atom. The molecule has 2 aromatic rings. The first-order valence-electron chi connectivity index (χ1n) is 13.0. The van der Waals surface area contributed by atoms with E-state index in [1.165, 1.54) is 14.2 Å². The van der Waals surface area contributed by atoms with Crippen LogP contribution in [0.4, 0.5) is 13.2 Å². The van der Waals surface area contributed by atoms with Gasteiger partial charge in [-0.1, -0.05) is 30.3 Å². The first-order valence-corrected chi connectivity index (χ1v) is 13.0. The van der Waals surface area contributed by atoms with Gasteiger partial charge in [0.05, 0.1) is 45.6 Å². The van der Waals surface area contributed by atoms with E-state index in [4.69, 9.17) is 14.2 Å². The number of phenols is 1. The number of benzene rings is 2. The van der Waals surface area contributed by atoms with Gasteiger partial charge < -0.3 is 30.0 Å². The molecule has 0 radical (unpaired) electrons. The quantitative estimate of drug-likeness (QED) is 0.450. The molecule has 1 amide bonds. The van der Waals surface area contributed by atoms with Crippen LogP contribution >= 0.6 is 0 Å².